The lowest BCUT2D eigenvalue weighted by Crippen LogP contribution is -2.58. The van der Waals surface area contributed by atoms with E-state index in [1.165, 1.54) is 5.56 Å². The third-order valence-electron chi connectivity index (χ3n) is 4.84. The Morgan fingerprint density at radius 3 is 2.12 bits per heavy atom. The van der Waals surface area contributed by atoms with E-state index in [9.17, 15) is 9.66 Å². The highest BCUT2D eigenvalue weighted by Gasteiger charge is 2.49. The summed E-state index contributed by atoms with van der Waals surface area (Å²) in [4.78, 5) is 0. The van der Waals surface area contributed by atoms with Crippen LogP contribution in [0.15, 0.2) is 24.3 Å². The molecule has 1 fully saturated rings. The summed E-state index contributed by atoms with van der Waals surface area (Å²) in [5.41, 5.74) is 0.297. The van der Waals surface area contributed by atoms with Crippen molar-refractivity contribution < 1.29 is 9.66 Å². The van der Waals surface area contributed by atoms with Crippen LogP contribution in [-0.4, -0.2) is 26.0 Å². The maximum Gasteiger partial charge on any atom is 0.136 e. The van der Waals surface area contributed by atoms with E-state index in [1.54, 1.807) is 0 Å². The predicted octanol–water partition coefficient (Wildman–Crippen LogP) is 4.34. The van der Waals surface area contributed by atoms with Gasteiger partial charge in [-0.3, -0.25) is 0 Å². The van der Waals surface area contributed by atoms with Crippen molar-refractivity contribution in [1.82, 2.24) is 4.72 Å². The number of rotatable bonds is 6. The fourth-order valence-electron chi connectivity index (χ4n) is 3.33. The van der Waals surface area contributed by atoms with Gasteiger partial charge in [-0.05, 0) is 71.6 Å². The molecular formula is C19H30ClNO2S. The van der Waals surface area contributed by atoms with Crippen molar-refractivity contribution in [1.29, 1.82) is 0 Å². The SMILES string of the molecule is CC(C)(O)C[C@H](N[S+]([O-])C(C)(C)C)C1(c2ccc(Cl)cc2)CCC1. The molecule has 2 N–H and O–H groups in total. The van der Waals surface area contributed by atoms with Crippen molar-refractivity contribution in [3.05, 3.63) is 34.9 Å². The van der Waals surface area contributed by atoms with E-state index in [4.69, 9.17) is 11.6 Å². The van der Waals surface area contributed by atoms with Gasteiger partial charge in [0.15, 0.2) is 0 Å². The van der Waals surface area contributed by atoms with Crippen LogP contribution >= 0.6 is 11.6 Å². The Morgan fingerprint density at radius 1 is 1.21 bits per heavy atom. The van der Waals surface area contributed by atoms with E-state index in [-0.39, 0.29) is 16.2 Å². The van der Waals surface area contributed by atoms with Gasteiger partial charge in [-0.15, -0.1) is 4.72 Å². The van der Waals surface area contributed by atoms with Crippen LogP contribution in [0, 0.1) is 0 Å². The lowest BCUT2D eigenvalue weighted by Gasteiger charge is -2.50. The molecule has 1 saturated carbocycles. The highest BCUT2D eigenvalue weighted by atomic mass is 35.5. The third kappa shape index (κ3) is 4.67. The van der Waals surface area contributed by atoms with Crippen LogP contribution in [0.2, 0.25) is 5.02 Å². The zero-order valence-corrected chi connectivity index (χ0v) is 16.9. The van der Waals surface area contributed by atoms with Gasteiger partial charge >= 0.3 is 0 Å². The Bertz CT molecular complexity index is 544. The maximum absolute atomic E-state index is 12.7. The Kier molecular flexibility index (Phi) is 5.98. The van der Waals surface area contributed by atoms with Gasteiger partial charge in [0, 0.05) is 21.8 Å². The molecule has 2 rings (SSSR count). The van der Waals surface area contributed by atoms with Crippen molar-refractivity contribution in [2.75, 3.05) is 0 Å². The average Bonchev–Trinajstić information content (AvgIpc) is 2.36. The standard InChI is InChI=1S/C19H30ClNO2S/c1-17(2,3)24(23)21-16(13-18(4,5)22)19(11-6-12-19)14-7-9-15(20)10-8-14/h7-10,16,21-22H,6,11-13H2,1-5H3/t16-,24?/m0/s1. The van der Waals surface area contributed by atoms with E-state index < -0.39 is 17.0 Å². The molecule has 1 aliphatic carbocycles. The topological polar surface area (TPSA) is 55.3 Å². The van der Waals surface area contributed by atoms with Crippen LogP contribution in [0.25, 0.3) is 0 Å². The summed E-state index contributed by atoms with van der Waals surface area (Å²) in [5, 5.41) is 11.1. The Labute approximate surface area is 154 Å². The van der Waals surface area contributed by atoms with Gasteiger partial charge in [-0.25, -0.2) is 0 Å². The Hall–Kier alpha value is -0.260. The molecular weight excluding hydrogens is 342 g/mol. The number of benzene rings is 1. The average molecular weight is 372 g/mol. The lowest BCUT2D eigenvalue weighted by atomic mass is 9.59. The summed E-state index contributed by atoms with van der Waals surface area (Å²) in [5.74, 6) is 0. The van der Waals surface area contributed by atoms with E-state index in [1.807, 2.05) is 46.8 Å². The molecule has 136 valence electrons. The molecule has 0 bridgehead atoms. The molecule has 0 saturated heterocycles. The second kappa shape index (κ2) is 7.16. The van der Waals surface area contributed by atoms with Crippen molar-refractivity contribution in [3.63, 3.8) is 0 Å². The molecule has 0 aromatic heterocycles. The van der Waals surface area contributed by atoms with Gasteiger partial charge in [0.2, 0.25) is 0 Å². The molecule has 24 heavy (non-hydrogen) atoms. The highest BCUT2D eigenvalue weighted by molar-refractivity contribution is 7.90. The van der Waals surface area contributed by atoms with E-state index in [0.29, 0.717) is 6.42 Å². The van der Waals surface area contributed by atoms with Crippen LogP contribution in [0.4, 0.5) is 0 Å². The van der Waals surface area contributed by atoms with Gasteiger partial charge in [0.1, 0.15) is 4.75 Å². The first-order chi connectivity index (χ1) is 10.9. The van der Waals surface area contributed by atoms with Crippen molar-refractivity contribution in [3.8, 4) is 0 Å². The minimum atomic E-state index is -1.18. The van der Waals surface area contributed by atoms with Gasteiger partial charge in [-0.2, -0.15) is 0 Å². The highest BCUT2D eigenvalue weighted by Crippen LogP contribution is 2.48. The molecule has 2 atom stereocenters. The summed E-state index contributed by atoms with van der Waals surface area (Å²) in [6.45, 7) is 9.53. The summed E-state index contributed by atoms with van der Waals surface area (Å²) in [7, 11) is 0. The summed E-state index contributed by atoms with van der Waals surface area (Å²) in [6, 6.07) is 7.92. The van der Waals surface area contributed by atoms with Gasteiger partial charge in [0.25, 0.3) is 0 Å². The number of hydrogen-bond acceptors (Lipinski definition) is 3. The maximum atomic E-state index is 12.7. The number of halogens is 1. The second-order valence-corrected chi connectivity index (χ2v) is 11.0. The summed E-state index contributed by atoms with van der Waals surface area (Å²) >= 11 is 4.87. The molecule has 3 nitrogen and oxygen atoms in total. The minimum absolute atomic E-state index is 0.0486. The zero-order chi connectivity index (χ0) is 18.2. The number of aliphatic hydroxyl groups is 1. The zero-order valence-electron chi connectivity index (χ0n) is 15.4. The molecule has 0 spiro atoms. The van der Waals surface area contributed by atoms with Crippen LogP contribution in [0.3, 0.4) is 0 Å². The van der Waals surface area contributed by atoms with Crippen LogP contribution in [0.5, 0.6) is 0 Å². The van der Waals surface area contributed by atoms with E-state index in [2.05, 4.69) is 16.9 Å². The van der Waals surface area contributed by atoms with Crippen molar-refractivity contribution >= 4 is 23.0 Å². The smallest absolute Gasteiger partial charge is 0.136 e. The molecule has 5 heteroatoms. The fraction of sp³-hybridized carbons (Fsp3) is 0.684. The summed E-state index contributed by atoms with van der Waals surface area (Å²) < 4.78 is 15.7. The number of hydrogen-bond donors (Lipinski definition) is 2. The molecule has 1 aromatic rings. The largest absolute Gasteiger partial charge is 0.598 e. The first-order valence-corrected chi connectivity index (χ1v) is 10.1. The number of nitrogens with one attached hydrogen (secondary N) is 1. The van der Waals surface area contributed by atoms with Gasteiger partial charge in [-0.1, -0.05) is 30.2 Å². The van der Waals surface area contributed by atoms with E-state index in [0.717, 1.165) is 24.3 Å². The second-order valence-electron chi connectivity index (χ2n) is 8.58. The monoisotopic (exact) mass is 371 g/mol. The molecule has 1 aliphatic rings. The van der Waals surface area contributed by atoms with E-state index >= 15 is 0 Å². The van der Waals surface area contributed by atoms with Crippen molar-refractivity contribution in [2.45, 2.75) is 82.1 Å². The minimum Gasteiger partial charge on any atom is -0.598 e. The first kappa shape index (κ1) is 20.1. The molecule has 1 unspecified atom stereocenters. The summed E-state index contributed by atoms with van der Waals surface area (Å²) in [6.07, 6.45) is 3.76. The first-order valence-electron chi connectivity index (χ1n) is 8.61. The van der Waals surface area contributed by atoms with Crippen molar-refractivity contribution in [2.24, 2.45) is 0 Å². The van der Waals surface area contributed by atoms with Crippen LogP contribution < -0.4 is 4.72 Å². The Balaban J connectivity index is 2.34. The predicted molar refractivity (Wildman–Crippen MR) is 103 cm³/mol. The van der Waals surface area contributed by atoms with Crippen LogP contribution in [-0.2, 0) is 16.8 Å². The molecule has 0 amide bonds. The molecule has 1 aromatic carbocycles. The van der Waals surface area contributed by atoms with Gasteiger partial charge < -0.3 is 9.66 Å². The third-order valence-corrected chi connectivity index (χ3v) is 6.70. The Morgan fingerprint density at radius 2 is 1.75 bits per heavy atom. The normalized spacial score (nSPS) is 20.3. The van der Waals surface area contributed by atoms with Gasteiger partial charge in [0.05, 0.1) is 11.6 Å². The molecule has 0 radical (unpaired) electrons. The molecule has 0 aliphatic heterocycles. The fourth-order valence-corrected chi connectivity index (χ4v) is 4.38. The molecule has 0 heterocycles. The quantitative estimate of drug-likeness (QED) is 0.731. The lowest BCUT2D eigenvalue weighted by molar-refractivity contribution is 0.0372. The van der Waals surface area contributed by atoms with Crippen LogP contribution in [0.1, 0.15) is 65.9 Å².